The summed E-state index contributed by atoms with van der Waals surface area (Å²) in [6.07, 6.45) is 5.37. The standard InChI is InChI=1S/C23H28N4O4S/c1-31-19-9-6-11-26(15-19)23(28)20-13-18(25-32(2,29)30)14-21-22(20)27(16-24-21)12-10-17-7-4-3-5-8-17/h3-5,7-8,13-14,16,19,25H,6,9-12,15H2,1-2H3. The van der Waals surface area contributed by atoms with Gasteiger partial charge in [0.25, 0.3) is 5.91 Å². The van der Waals surface area contributed by atoms with Crippen LogP contribution in [0.5, 0.6) is 0 Å². The topological polar surface area (TPSA) is 93.5 Å². The van der Waals surface area contributed by atoms with Gasteiger partial charge in [0.15, 0.2) is 0 Å². The largest absolute Gasteiger partial charge is 0.380 e. The van der Waals surface area contributed by atoms with Gasteiger partial charge < -0.3 is 14.2 Å². The molecular formula is C23H28N4O4S. The maximum absolute atomic E-state index is 13.6. The third-order valence-electron chi connectivity index (χ3n) is 5.73. The van der Waals surface area contributed by atoms with Crippen LogP contribution in [-0.2, 0) is 27.7 Å². The Labute approximate surface area is 188 Å². The van der Waals surface area contributed by atoms with Crippen molar-refractivity contribution in [3.05, 3.63) is 59.9 Å². The quantitative estimate of drug-likeness (QED) is 0.590. The highest BCUT2D eigenvalue weighted by atomic mass is 32.2. The summed E-state index contributed by atoms with van der Waals surface area (Å²) in [4.78, 5) is 19.8. The number of hydrogen-bond donors (Lipinski definition) is 1. The molecule has 9 heteroatoms. The number of ether oxygens (including phenoxy) is 1. The van der Waals surface area contributed by atoms with Crippen molar-refractivity contribution in [2.24, 2.45) is 0 Å². The van der Waals surface area contributed by atoms with Gasteiger partial charge in [0.2, 0.25) is 10.0 Å². The van der Waals surface area contributed by atoms with Crippen molar-refractivity contribution in [3.63, 3.8) is 0 Å². The summed E-state index contributed by atoms with van der Waals surface area (Å²) in [5, 5.41) is 0. The van der Waals surface area contributed by atoms with Crippen LogP contribution in [0.2, 0.25) is 0 Å². The number of fused-ring (bicyclic) bond motifs is 1. The number of likely N-dealkylation sites (tertiary alicyclic amines) is 1. The van der Waals surface area contributed by atoms with Gasteiger partial charge in [-0.25, -0.2) is 13.4 Å². The van der Waals surface area contributed by atoms with Gasteiger partial charge in [0.1, 0.15) is 0 Å². The Bertz CT molecular complexity index is 1210. The number of aromatic nitrogens is 2. The molecule has 1 aromatic heterocycles. The van der Waals surface area contributed by atoms with E-state index in [-0.39, 0.29) is 12.0 Å². The highest BCUT2D eigenvalue weighted by molar-refractivity contribution is 7.92. The Morgan fingerprint density at radius 3 is 2.75 bits per heavy atom. The van der Waals surface area contributed by atoms with Crippen molar-refractivity contribution in [3.8, 4) is 0 Å². The molecule has 1 amide bonds. The van der Waals surface area contributed by atoms with E-state index in [1.54, 1.807) is 30.5 Å². The first-order valence-corrected chi connectivity index (χ1v) is 12.6. The fraction of sp³-hybridized carbons (Fsp3) is 0.391. The molecule has 1 unspecified atom stereocenters. The zero-order valence-electron chi connectivity index (χ0n) is 18.3. The van der Waals surface area contributed by atoms with Crippen molar-refractivity contribution < 1.29 is 17.9 Å². The van der Waals surface area contributed by atoms with Gasteiger partial charge in [0, 0.05) is 26.7 Å². The number of hydrogen-bond acceptors (Lipinski definition) is 5. The van der Waals surface area contributed by atoms with Crippen LogP contribution in [0.1, 0.15) is 28.8 Å². The van der Waals surface area contributed by atoms with Gasteiger partial charge in [-0.2, -0.15) is 0 Å². The number of anilines is 1. The summed E-state index contributed by atoms with van der Waals surface area (Å²) in [5.41, 5.74) is 3.25. The number of nitrogens with zero attached hydrogens (tertiary/aromatic N) is 3. The monoisotopic (exact) mass is 456 g/mol. The molecule has 0 spiro atoms. The molecular weight excluding hydrogens is 428 g/mol. The first-order valence-electron chi connectivity index (χ1n) is 10.7. The number of rotatable bonds is 7. The summed E-state index contributed by atoms with van der Waals surface area (Å²) in [5.74, 6) is -0.143. The van der Waals surface area contributed by atoms with E-state index in [9.17, 15) is 13.2 Å². The molecule has 0 aliphatic carbocycles. The second kappa shape index (κ2) is 9.30. The molecule has 170 valence electrons. The fourth-order valence-corrected chi connectivity index (χ4v) is 4.74. The van der Waals surface area contributed by atoms with Gasteiger partial charge >= 0.3 is 0 Å². The van der Waals surface area contributed by atoms with Gasteiger partial charge in [-0.15, -0.1) is 0 Å². The third kappa shape index (κ3) is 5.11. The van der Waals surface area contributed by atoms with Crippen LogP contribution in [0.25, 0.3) is 11.0 Å². The van der Waals surface area contributed by atoms with E-state index in [0.29, 0.717) is 41.9 Å². The molecule has 4 rings (SSSR count). The highest BCUT2D eigenvalue weighted by Gasteiger charge is 2.27. The van der Waals surface area contributed by atoms with Crippen LogP contribution < -0.4 is 4.72 Å². The number of nitrogens with one attached hydrogen (secondary N) is 1. The Morgan fingerprint density at radius 2 is 2.03 bits per heavy atom. The van der Waals surface area contributed by atoms with Crippen molar-refractivity contribution in [2.45, 2.75) is 31.9 Å². The van der Waals surface area contributed by atoms with E-state index in [2.05, 4.69) is 21.8 Å². The molecule has 1 N–H and O–H groups in total. The first-order chi connectivity index (χ1) is 15.3. The third-order valence-corrected chi connectivity index (χ3v) is 6.34. The molecule has 1 fully saturated rings. The van der Waals surface area contributed by atoms with Crippen molar-refractivity contribution in [2.75, 3.05) is 31.2 Å². The molecule has 1 aliphatic heterocycles. The van der Waals surface area contributed by atoms with Crippen LogP contribution >= 0.6 is 0 Å². The maximum Gasteiger partial charge on any atom is 0.256 e. The smallest absolute Gasteiger partial charge is 0.256 e. The number of aryl methyl sites for hydroxylation is 2. The Balaban J connectivity index is 1.72. The number of piperidine rings is 1. The lowest BCUT2D eigenvalue weighted by atomic mass is 10.1. The van der Waals surface area contributed by atoms with Crippen molar-refractivity contribution >= 4 is 32.7 Å². The number of amides is 1. The number of benzene rings is 2. The molecule has 0 bridgehead atoms. The highest BCUT2D eigenvalue weighted by Crippen LogP contribution is 2.27. The normalized spacial score (nSPS) is 16.9. The second-order valence-corrected chi connectivity index (χ2v) is 9.94. The summed E-state index contributed by atoms with van der Waals surface area (Å²) < 4.78 is 33.6. The lowest BCUT2D eigenvalue weighted by molar-refractivity contribution is 0.0270. The minimum Gasteiger partial charge on any atom is -0.380 e. The van der Waals surface area contributed by atoms with E-state index in [1.807, 2.05) is 22.8 Å². The molecule has 0 saturated carbocycles. The fourth-order valence-electron chi connectivity index (χ4n) is 4.19. The number of sulfonamides is 1. The molecule has 1 atom stereocenters. The SMILES string of the molecule is COC1CCCN(C(=O)c2cc(NS(C)(=O)=O)cc3ncn(CCc4ccccc4)c23)C1. The summed E-state index contributed by atoms with van der Waals surface area (Å²) in [6, 6.07) is 13.4. The maximum atomic E-state index is 13.6. The van der Waals surface area contributed by atoms with E-state index in [1.165, 1.54) is 5.56 Å². The van der Waals surface area contributed by atoms with Gasteiger partial charge in [0.05, 0.1) is 41.0 Å². The first kappa shape index (κ1) is 22.3. The Kier molecular flexibility index (Phi) is 6.48. The predicted octanol–water partition coefficient (Wildman–Crippen LogP) is 2.90. The average Bonchev–Trinajstić information content (AvgIpc) is 3.19. The van der Waals surface area contributed by atoms with E-state index in [4.69, 9.17) is 4.74 Å². The molecule has 0 radical (unpaired) electrons. The van der Waals surface area contributed by atoms with Crippen molar-refractivity contribution in [1.82, 2.24) is 14.5 Å². The molecule has 2 heterocycles. The molecule has 8 nitrogen and oxygen atoms in total. The molecule has 1 aliphatic rings. The number of carbonyl (C=O) groups is 1. The van der Waals surface area contributed by atoms with Crippen molar-refractivity contribution in [1.29, 1.82) is 0 Å². The Hall–Kier alpha value is -2.91. The zero-order valence-corrected chi connectivity index (χ0v) is 19.1. The lowest BCUT2D eigenvalue weighted by Crippen LogP contribution is -2.43. The lowest BCUT2D eigenvalue weighted by Gasteiger charge is -2.32. The van der Waals surface area contributed by atoms with Crippen LogP contribution in [0, 0.1) is 0 Å². The molecule has 32 heavy (non-hydrogen) atoms. The minimum atomic E-state index is -3.49. The number of imidazole rings is 1. The van der Waals surface area contributed by atoms with E-state index in [0.717, 1.165) is 25.5 Å². The van der Waals surface area contributed by atoms with Crippen LogP contribution in [0.4, 0.5) is 5.69 Å². The predicted molar refractivity (Wildman–Crippen MR) is 124 cm³/mol. The van der Waals surface area contributed by atoms with E-state index >= 15 is 0 Å². The molecule has 1 saturated heterocycles. The average molecular weight is 457 g/mol. The van der Waals surface area contributed by atoms with Crippen LogP contribution in [-0.4, -0.2) is 61.3 Å². The van der Waals surface area contributed by atoms with Gasteiger partial charge in [-0.3, -0.25) is 9.52 Å². The zero-order chi connectivity index (χ0) is 22.7. The van der Waals surface area contributed by atoms with E-state index < -0.39 is 10.0 Å². The Morgan fingerprint density at radius 1 is 1.25 bits per heavy atom. The molecule has 2 aromatic carbocycles. The number of carbonyl (C=O) groups excluding carboxylic acids is 1. The summed E-state index contributed by atoms with van der Waals surface area (Å²) in [7, 11) is -1.84. The summed E-state index contributed by atoms with van der Waals surface area (Å²) in [6.45, 7) is 1.81. The molecule has 3 aromatic rings. The minimum absolute atomic E-state index is 0.00325. The number of methoxy groups -OCH3 is 1. The van der Waals surface area contributed by atoms with Gasteiger partial charge in [-0.1, -0.05) is 30.3 Å². The second-order valence-electron chi connectivity index (χ2n) is 8.19. The van der Waals surface area contributed by atoms with Crippen LogP contribution in [0.15, 0.2) is 48.8 Å². The van der Waals surface area contributed by atoms with Gasteiger partial charge in [-0.05, 0) is 37.0 Å². The van der Waals surface area contributed by atoms with Crippen LogP contribution in [0.3, 0.4) is 0 Å². The summed E-state index contributed by atoms with van der Waals surface area (Å²) >= 11 is 0.